The Morgan fingerprint density at radius 3 is 2.73 bits per heavy atom. The van der Waals surface area contributed by atoms with Gasteiger partial charge in [0.1, 0.15) is 0 Å². The molecule has 1 saturated heterocycles. The van der Waals surface area contributed by atoms with Crippen LogP contribution in [0.25, 0.3) is 0 Å². The summed E-state index contributed by atoms with van der Waals surface area (Å²) in [6.45, 7) is 8.12. The molecule has 0 aromatic carbocycles. The second-order valence-electron chi connectivity index (χ2n) is 4.14. The Kier molecular flexibility index (Phi) is 5.05. The summed E-state index contributed by atoms with van der Waals surface area (Å²) in [5.41, 5.74) is 0. The zero-order chi connectivity index (χ0) is 11.3. The number of likely N-dealkylation sites (N-methyl/N-ethyl adjacent to an activating group) is 1. The van der Waals surface area contributed by atoms with Gasteiger partial charge in [-0.3, -0.25) is 9.69 Å². The van der Waals surface area contributed by atoms with Crippen LogP contribution in [0.15, 0.2) is 0 Å². The van der Waals surface area contributed by atoms with E-state index in [4.69, 9.17) is 5.11 Å². The van der Waals surface area contributed by atoms with E-state index in [0.717, 1.165) is 26.2 Å². The fourth-order valence-electron chi connectivity index (χ4n) is 2.08. The van der Waals surface area contributed by atoms with Gasteiger partial charge in [0.15, 0.2) is 0 Å². The summed E-state index contributed by atoms with van der Waals surface area (Å²) in [5.74, 6) is 0.187. The van der Waals surface area contributed by atoms with Crippen molar-refractivity contribution in [1.82, 2.24) is 9.80 Å². The minimum atomic E-state index is 0.107. The number of hydrogen-bond acceptors (Lipinski definition) is 3. The Labute approximate surface area is 91.9 Å². The lowest BCUT2D eigenvalue weighted by molar-refractivity contribution is -0.134. The average molecular weight is 214 g/mol. The molecule has 4 heteroatoms. The van der Waals surface area contributed by atoms with Crippen LogP contribution < -0.4 is 0 Å². The van der Waals surface area contributed by atoms with Gasteiger partial charge in [0, 0.05) is 38.7 Å². The Morgan fingerprint density at radius 2 is 2.20 bits per heavy atom. The number of aliphatic hydroxyl groups is 1. The molecule has 4 nitrogen and oxygen atoms in total. The van der Waals surface area contributed by atoms with Crippen molar-refractivity contribution >= 4 is 5.91 Å². The van der Waals surface area contributed by atoms with Crippen LogP contribution >= 0.6 is 0 Å². The van der Waals surface area contributed by atoms with Crippen LogP contribution in [0, 0.1) is 0 Å². The number of amides is 1. The summed E-state index contributed by atoms with van der Waals surface area (Å²) < 4.78 is 0. The van der Waals surface area contributed by atoms with Gasteiger partial charge in [0.2, 0.25) is 5.91 Å². The molecule has 0 aromatic heterocycles. The van der Waals surface area contributed by atoms with Gasteiger partial charge in [0.05, 0.1) is 0 Å². The summed E-state index contributed by atoms with van der Waals surface area (Å²) in [7, 11) is 0. The van der Waals surface area contributed by atoms with Crippen molar-refractivity contribution in [3.63, 3.8) is 0 Å². The van der Waals surface area contributed by atoms with E-state index in [-0.39, 0.29) is 12.5 Å². The summed E-state index contributed by atoms with van der Waals surface area (Å²) >= 11 is 0. The zero-order valence-corrected chi connectivity index (χ0v) is 9.78. The Balaban J connectivity index is 2.36. The lowest BCUT2D eigenvalue weighted by Gasteiger charge is -2.39. The van der Waals surface area contributed by atoms with Gasteiger partial charge >= 0.3 is 0 Å². The number of carbonyl (C=O) groups excluding carboxylic acids is 1. The molecule has 0 aliphatic carbocycles. The van der Waals surface area contributed by atoms with Crippen LogP contribution in [0.4, 0.5) is 0 Å². The third-order valence-electron chi connectivity index (χ3n) is 3.07. The van der Waals surface area contributed by atoms with Gasteiger partial charge in [-0.2, -0.15) is 0 Å². The normalized spacial score (nSPS) is 23.1. The van der Waals surface area contributed by atoms with Crippen LogP contribution in [0.5, 0.6) is 0 Å². The van der Waals surface area contributed by atoms with E-state index >= 15 is 0 Å². The number of aliphatic hydroxyl groups excluding tert-OH is 1. The number of nitrogens with zero attached hydrogens (tertiary/aromatic N) is 2. The van der Waals surface area contributed by atoms with Gasteiger partial charge in [-0.1, -0.05) is 6.92 Å². The van der Waals surface area contributed by atoms with E-state index < -0.39 is 0 Å². The fourth-order valence-corrected chi connectivity index (χ4v) is 2.08. The second kappa shape index (κ2) is 6.08. The molecule has 1 fully saturated rings. The first-order chi connectivity index (χ1) is 7.19. The third-order valence-corrected chi connectivity index (χ3v) is 3.07. The number of carbonyl (C=O) groups is 1. The van der Waals surface area contributed by atoms with Crippen molar-refractivity contribution in [3.05, 3.63) is 0 Å². The summed E-state index contributed by atoms with van der Waals surface area (Å²) in [5, 5.41) is 8.67. The van der Waals surface area contributed by atoms with Crippen molar-refractivity contribution in [2.24, 2.45) is 0 Å². The molecule has 1 atom stereocenters. The molecule has 0 aromatic rings. The molecule has 1 amide bonds. The van der Waals surface area contributed by atoms with Gasteiger partial charge < -0.3 is 10.0 Å². The number of rotatable bonds is 4. The van der Waals surface area contributed by atoms with Crippen molar-refractivity contribution in [2.75, 3.05) is 32.8 Å². The van der Waals surface area contributed by atoms with E-state index in [2.05, 4.69) is 18.7 Å². The number of piperazine rings is 1. The first kappa shape index (κ1) is 12.5. The predicted molar refractivity (Wildman–Crippen MR) is 59.6 cm³/mol. The van der Waals surface area contributed by atoms with Crippen LogP contribution in [0.3, 0.4) is 0 Å². The quantitative estimate of drug-likeness (QED) is 0.732. The minimum absolute atomic E-state index is 0.107. The van der Waals surface area contributed by atoms with E-state index in [0.29, 0.717) is 18.9 Å². The molecule has 15 heavy (non-hydrogen) atoms. The van der Waals surface area contributed by atoms with Crippen molar-refractivity contribution in [2.45, 2.75) is 32.7 Å². The standard InChI is InChI=1S/C11H22N2O2/c1-3-12-6-7-13(9-10(12)2)11(15)5-4-8-14/h10,14H,3-9H2,1-2H3. The van der Waals surface area contributed by atoms with Gasteiger partial charge in [0.25, 0.3) is 0 Å². The predicted octanol–water partition coefficient (Wildman–Crippen LogP) is 0.311. The third kappa shape index (κ3) is 3.47. The van der Waals surface area contributed by atoms with Gasteiger partial charge in [-0.05, 0) is 19.9 Å². The molecule has 0 radical (unpaired) electrons. The maximum Gasteiger partial charge on any atom is 0.222 e. The monoisotopic (exact) mass is 214 g/mol. The SMILES string of the molecule is CCN1CCN(C(=O)CCCO)CC1C. The largest absolute Gasteiger partial charge is 0.396 e. The van der Waals surface area contributed by atoms with E-state index in [1.54, 1.807) is 0 Å². The maximum atomic E-state index is 11.7. The molecule has 0 saturated carbocycles. The highest BCUT2D eigenvalue weighted by Crippen LogP contribution is 2.10. The molecule has 1 aliphatic rings. The molecule has 1 aliphatic heterocycles. The fraction of sp³-hybridized carbons (Fsp3) is 0.909. The Bertz CT molecular complexity index is 209. The highest BCUT2D eigenvalue weighted by atomic mass is 16.3. The van der Waals surface area contributed by atoms with Gasteiger partial charge in [-0.15, -0.1) is 0 Å². The summed E-state index contributed by atoms with van der Waals surface area (Å²) in [6.07, 6.45) is 1.07. The minimum Gasteiger partial charge on any atom is -0.396 e. The summed E-state index contributed by atoms with van der Waals surface area (Å²) in [6, 6.07) is 0.460. The van der Waals surface area contributed by atoms with Crippen LogP contribution in [0.1, 0.15) is 26.7 Å². The van der Waals surface area contributed by atoms with E-state index in [9.17, 15) is 4.79 Å². The molecular formula is C11H22N2O2. The smallest absolute Gasteiger partial charge is 0.222 e. The first-order valence-electron chi connectivity index (χ1n) is 5.81. The molecule has 1 heterocycles. The number of hydrogen-bond donors (Lipinski definition) is 1. The molecule has 88 valence electrons. The molecule has 1 unspecified atom stereocenters. The molecular weight excluding hydrogens is 192 g/mol. The van der Waals surface area contributed by atoms with Crippen LogP contribution in [0.2, 0.25) is 0 Å². The lowest BCUT2D eigenvalue weighted by Crippen LogP contribution is -2.53. The highest BCUT2D eigenvalue weighted by Gasteiger charge is 2.24. The van der Waals surface area contributed by atoms with Crippen molar-refractivity contribution in [3.8, 4) is 0 Å². The summed E-state index contributed by atoms with van der Waals surface area (Å²) in [4.78, 5) is 16.0. The zero-order valence-electron chi connectivity index (χ0n) is 9.78. The van der Waals surface area contributed by atoms with Crippen molar-refractivity contribution in [1.29, 1.82) is 0 Å². The molecule has 1 rings (SSSR count). The first-order valence-corrected chi connectivity index (χ1v) is 5.81. The lowest BCUT2D eigenvalue weighted by atomic mass is 10.1. The molecule has 1 N–H and O–H groups in total. The Hall–Kier alpha value is -0.610. The molecule has 0 bridgehead atoms. The average Bonchev–Trinajstić information content (AvgIpc) is 2.25. The maximum absolute atomic E-state index is 11.7. The highest BCUT2D eigenvalue weighted by molar-refractivity contribution is 5.76. The van der Waals surface area contributed by atoms with E-state index in [1.807, 2.05) is 4.90 Å². The Morgan fingerprint density at radius 1 is 1.47 bits per heavy atom. The molecule has 0 spiro atoms. The van der Waals surface area contributed by atoms with Crippen LogP contribution in [-0.4, -0.2) is 59.6 Å². The topological polar surface area (TPSA) is 43.8 Å². The second-order valence-corrected chi connectivity index (χ2v) is 4.14. The van der Waals surface area contributed by atoms with Crippen molar-refractivity contribution < 1.29 is 9.90 Å². The van der Waals surface area contributed by atoms with Crippen LogP contribution in [-0.2, 0) is 4.79 Å². The van der Waals surface area contributed by atoms with E-state index in [1.165, 1.54) is 0 Å². The van der Waals surface area contributed by atoms with Gasteiger partial charge in [-0.25, -0.2) is 0 Å².